The van der Waals surface area contributed by atoms with Crippen LogP contribution in [0.2, 0.25) is 0 Å². The minimum absolute atomic E-state index is 0.0125. The van der Waals surface area contributed by atoms with Gasteiger partial charge in [-0.1, -0.05) is 91.8 Å². The summed E-state index contributed by atoms with van der Waals surface area (Å²) in [7, 11) is 0. The van der Waals surface area contributed by atoms with Crippen molar-refractivity contribution in [1.82, 2.24) is 0 Å². The van der Waals surface area contributed by atoms with Crippen molar-refractivity contribution in [2.24, 2.45) is 0 Å². The molecule has 0 fully saturated rings. The Morgan fingerprint density at radius 2 is 0.768 bits per heavy atom. The van der Waals surface area contributed by atoms with Crippen molar-refractivity contribution in [3.05, 3.63) is 125 Å². The van der Waals surface area contributed by atoms with Crippen molar-refractivity contribution in [2.45, 2.75) is 79.1 Å². The third-order valence-corrected chi connectivity index (χ3v) is 14.2. The van der Waals surface area contributed by atoms with E-state index in [1.54, 1.807) is 12.1 Å². The van der Waals surface area contributed by atoms with E-state index < -0.39 is 23.6 Å². The Bertz CT molecular complexity index is 2450. The Balaban J connectivity index is 1.53. The summed E-state index contributed by atoms with van der Waals surface area (Å²) in [5.74, 6) is -1.86. The van der Waals surface area contributed by atoms with Crippen LogP contribution in [0, 0.1) is 0 Å². The molecule has 0 aliphatic carbocycles. The van der Waals surface area contributed by atoms with Crippen molar-refractivity contribution in [3.63, 3.8) is 0 Å². The average molecular weight is 909 g/mol. The van der Waals surface area contributed by atoms with E-state index in [0.29, 0.717) is 44.4 Å². The third kappa shape index (κ3) is 5.89. The first-order valence-corrected chi connectivity index (χ1v) is 22.1. The van der Waals surface area contributed by atoms with Crippen LogP contribution in [0.4, 0.5) is 11.4 Å². The standard InChI is InChI=1S/C46H40Br2N2O4S2/c1-21(2)25-11-9-12-26(22(3)4)41(25)49-43(51)31-19-30(34-16-18-36(48)56-34)40-38-32(20-29(33-15-17-35(47)55-33)39(37(31)38)45(49)53)44(52)50(46(40)54)42-27(23(5)6)13-10-14-28(42)24(7)8/h9-24H,1-8H3. The quantitative estimate of drug-likeness (QED) is 0.143. The predicted octanol–water partition coefficient (Wildman–Crippen LogP) is 13.9. The van der Waals surface area contributed by atoms with Crippen molar-refractivity contribution in [1.29, 1.82) is 0 Å². The van der Waals surface area contributed by atoms with Crippen LogP contribution in [0.25, 0.3) is 31.7 Å². The van der Waals surface area contributed by atoms with Gasteiger partial charge in [-0.3, -0.25) is 19.2 Å². The highest BCUT2D eigenvalue weighted by Crippen LogP contribution is 2.51. The molecule has 4 amide bonds. The van der Waals surface area contributed by atoms with Crippen molar-refractivity contribution in [2.75, 3.05) is 9.80 Å². The van der Waals surface area contributed by atoms with E-state index in [1.807, 2.05) is 60.7 Å². The van der Waals surface area contributed by atoms with Gasteiger partial charge in [0.25, 0.3) is 23.6 Å². The molecule has 0 N–H and O–H groups in total. The van der Waals surface area contributed by atoms with Crippen LogP contribution in [-0.2, 0) is 0 Å². The van der Waals surface area contributed by atoms with E-state index in [4.69, 9.17) is 0 Å². The first kappa shape index (κ1) is 38.6. The zero-order valence-corrected chi connectivity index (χ0v) is 37.1. The maximum Gasteiger partial charge on any atom is 0.266 e. The molecule has 0 atom stereocenters. The SMILES string of the molecule is CC(C)c1cccc(C(C)C)c1N1C(=O)c2cc(-c3ccc(Br)s3)c3c4c(cc(-c5ccc(Br)s5)c(c24)C1=O)C(=O)N(c1c(C(C)C)cccc1C(C)C)C3=O. The molecule has 0 saturated heterocycles. The summed E-state index contributed by atoms with van der Waals surface area (Å²) in [6, 6.07) is 23.2. The number of para-hydroxylation sites is 2. The molecule has 0 spiro atoms. The highest BCUT2D eigenvalue weighted by atomic mass is 79.9. The van der Waals surface area contributed by atoms with Gasteiger partial charge >= 0.3 is 0 Å². The number of carbonyl (C=O) groups excluding carboxylic acids is 4. The maximum absolute atomic E-state index is 15.5. The molecule has 0 radical (unpaired) electrons. The Labute approximate surface area is 351 Å². The second-order valence-electron chi connectivity index (χ2n) is 15.7. The summed E-state index contributed by atoms with van der Waals surface area (Å²) in [4.78, 5) is 65.8. The number of nitrogens with zero attached hydrogens (tertiary/aromatic N) is 2. The molecule has 6 aromatic rings. The number of hydrogen-bond acceptors (Lipinski definition) is 6. The van der Waals surface area contributed by atoms with Gasteiger partial charge in [0.1, 0.15) is 0 Å². The topological polar surface area (TPSA) is 74.8 Å². The fourth-order valence-electron chi connectivity index (χ4n) is 8.32. The molecular formula is C46H40Br2N2O4S2. The molecule has 2 aromatic heterocycles. The van der Waals surface area contributed by atoms with E-state index in [1.165, 1.54) is 32.5 Å². The fraction of sp³-hybridized carbons (Fsp3) is 0.261. The van der Waals surface area contributed by atoms with Crippen LogP contribution in [-0.4, -0.2) is 23.6 Å². The first-order chi connectivity index (χ1) is 26.6. The molecule has 6 nitrogen and oxygen atoms in total. The van der Waals surface area contributed by atoms with E-state index >= 15 is 19.2 Å². The molecular weight excluding hydrogens is 868 g/mol. The van der Waals surface area contributed by atoms with Gasteiger partial charge in [0.05, 0.1) is 30.1 Å². The molecule has 0 bridgehead atoms. The van der Waals surface area contributed by atoms with Crippen LogP contribution in [0.3, 0.4) is 0 Å². The average Bonchev–Trinajstić information content (AvgIpc) is 3.79. The van der Waals surface area contributed by atoms with Crippen LogP contribution >= 0.6 is 54.5 Å². The van der Waals surface area contributed by atoms with Gasteiger partial charge in [0.15, 0.2) is 0 Å². The van der Waals surface area contributed by atoms with E-state index in [2.05, 4.69) is 87.2 Å². The summed E-state index contributed by atoms with van der Waals surface area (Å²) in [6.07, 6.45) is 0. The molecule has 2 aliphatic heterocycles. The highest BCUT2D eigenvalue weighted by Gasteiger charge is 2.46. The lowest BCUT2D eigenvalue weighted by Gasteiger charge is -2.37. The van der Waals surface area contributed by atoms with Gasteiger partial charge in [0.2, 0.25) is 0 Å². The lowest BCUT2D eigenvalue weighted by Crippen LogP contribution is -2.45. The van der Waals surface area contributed by atoms with Crippen molar-refractivity contribution in [3.8, 4) is 20.9 Å². The predicted molar refractivity (Wildman–Crippen MR) is 237 cm³/mol. The monoisotopic (exact) mass is 906 g/mol. The second kappa shape index (κ2) is 14.3. The minimum atomic E-state index is -0.481. The van der Waals surface area contributed by atoms with Crippen LogP contribution in [0.5, 0.6) is 0 Å². The van der Waals surface area contributed by atoms with Gasteiger partial charge < -0.3 is 0 Å². The molecule has 4 heterocycles. The third-order valence-electron chi connectivity index (χ3n) is 10.9. The first-order valence-electron chi connectivity index (χ1n) is 18.8. The van der Waals surface area contributed by atoms with Gasteiger partial charge in [-0.15, -0.1) is 22.7 Å². The lowest BCUT2D eigenvalue weighted by atomic mass is 9.79. The van der Waals surface area contributed by atoms with Gasteiger partial charge in [-0.25, -0.2) is 9.80 Å². The fourth-order valence-corrected chi connectivity index (χ4v) is 11.1. The number of halogens is 2. The smallest absolute Gasteiger partial charge is 0.266 e. The molecule has 56 heavy (non-hydrogen) atoms. The number of benzene rings is 4. The van der Waals surface area contributed by atoms with E-state index in [-0.39, 0.29) is 34.8 Å². The molecule has 0 saturated carbocycles. The summed E-state index contributed by atoms with van der Waals surface area (Å²) in [5, 5.41) is 0.691. The summed E-state index contributed by atoms with van der Waals surface area (Å²) >= 11 is 10.1. The van der Waals surface area contributed by atoms with Crippen LogP contribution in [0.15, 0.2) is 80.4 Å². The molecule has 2 aliphatic rings. The Kier molecular flexibility index (Phi) is 9.87. The largest absolute Gasteiger partial charge is 0.268 e. The zero-order chi connectivity index (χ0) is 40.1. The molecule has 10 heteroatoms. The van der Waals surface area contributed by atoms with Crippen molar-refractivity contribution < 1.29 is 19.2 Å². The zero-order valence-electron chi connectivity index (χ0n) is 32.3. The van der Waals surface area contributed by atoms with Gasteiger partial charge in [-0.2, -0.15) is 0 Å². The Hall–Kier alpha value is -4.22. The minimum Gasteiger partial charge on any atom is -0.268 e. The second-order valence-corrected chi connectivity index (χ2v) is 20.7. The summed E-state index contributed by atoms with van der Waals surface area (Å²) in [6.45, 7) is 16.5. The number of carbonyl (C=O) groups is 4. The Morgan fingerprint density at radius 3 is 1.04 bits per heavy atom. The normalized spacial score (nSPS) is 14.2. The van der Waals surface area contributed by atoms with Gasteiger partial charge in [-0.05, 0) is 114 Å². The summed E-state index contributed by atoms with van der Waals surface area (Å²) in [5.41, 5.74) is 7.01. The van der Waals surface area contributed by atoms with Crippen LogP contribution < -0.4 is 9.80 Å². The van der Waals surface area contributed by atoms with E-state index in [9.17, 15) is 0 Å². The molecule has 284 valence electrons. The number of anilines is 2. The number of amides is 4. The maximum atomic E-state index is 15.5. The van der Waals surface area contributed by atoms with E-state index in [0.717, 1.165) is 39.6 Å². The number of hydrogen-bond donors (Lipinski definition) is 0. The number of thiophene rings is 2. The molecule has 8 rings (SSSR count). The Morgan fingerprint density at radius 1 is 0.446 bits per heavy atom. The van der Waals surface area contributed by atoms with Crippen LogP contribution in [0.1, 0.15) is 143 Å². The van der Waals surface area contributed by atoms with Crippen molar-refractivity contribution >= 4 is 100 Å². The molecule has 4 aromatic carbocycles. The molecule has 0 unspecified atom stereocenters. The highest BCUT2D eigenvalue weighted by molar-refractivity contribution is 9.11. The number of rotatable bonds is 8. The lowest BCUT2D eigenvalue weighted by molar-refractivity contribution is 0.0873. The summed E-state index contributed by atoms with van der Waals surface area (Å²) < 4.78 is 1.71. The van der Waals surface area contributed by atoms with Gasteiger partial charge in [0, 0.05) is 42.8 Å². The number of imide groups is 2.